The van der Waals surface area contributed by atoms with E-state index < -0.39 is 36.0 Å². The van der Waals surface area contributed by atoms with E-state index in [-0.39, 0.29) is 29.1 Å². The summed E-state index contributed by atoms with van der Waals surface area (Å²) in [5, 5.41) is 2.89. The van der Waals surface area contributed by atoms with E-state index in [1.807, 2.05) is 6.92 Å². The monoisotopic (exact) mass is 428 g/mol. The molecular weight excluding hydrogens is 405 g/mol. The lowest BCUT2D eigenvalue weighted by molar-refractivity contribution is -0.188. The minimum Gasteiger partial charge on any atom is -0.369 e. The van der Waals surface area contributed by atoms with Crippen molar-refractivity contribution >= 4 is 16.9 Å². The smallest absolute Gasteiger partial charge is 0.369 e. The molecule has 0 radical (unpaired) electrons. The zero-order chi connectivity index (χ0) is 21.9. The number of amides is 1. The Morgan fingerprint density at radius 1 is 1.37 bits per heavy atom. The first-order valence-corrected chi connectivity index (χ1v) is 9.80. The first-order valence-electron chi connectivity index (χ1n) is 9.80. The number of H-pyrrole nitrogens is 1. The van der Waals surface area contributed by atoms with Crippen molar-refractivity contribution in [2.75, 3.05) is 6.61 Å². The van der Waals surface area contributed by atoms with Gasteiger partial charge in [0, 0.05) is 18.8 Å². The normalized spacial score (nSPS) is 19.7. The van der Waals surface area contributed by atoms with Crippen LogP contribution in [0, 0.1) is 0 Å². The summed E-state index contributed by atoms with van der Waals surface area (Å²) in [6.07, 6.45) is -0.996. The fraction of sp³-hybridized carbons (Fsp3) is 0.579. The maximum atomic E-state index is 12.6. The van der Waals surface area contributed by atoms with Crippen molar-refractivity contribution in [1.29, 1.82) is 0 Å². The number of halogens is 3. The van der Waals surface area contributed by atoms with Gasteiger partial charge in [0.05, 0.1) is 17.1 Å². The van der Waals surface area contributed by atoms with E-state index in [0.29, 0.717) is 32.2 Å². The summed E-state index contributed by atoms with van der Waals surface area (Å²) in [6.45, 7) is 0.933. The molecule has 2 atom stereocenters. The SMILES string of the molecule is CCCn1c(=O)[nH]c(=O)c2cc(C(=O)N[C@H]3CCC[C@H](OCC(F)(F)F)C3)cnc21. The van der Waals surface area contributed by atoms with Gasteiger partial charge in [-0.1, -0.05) is 6.92 Å². The third-order valence-corrected chi connectivity index (χ3v) is 4.99. The summed E-state index contributed by atoms with van der Waals surface area (Å²) in [4.78, 5) is 43.1. The summed E-state index contributed by atoms with van der Waals surface area (Å²) >= 11 is 0. The van der Waals surface area contributed by atoms with Gasteiger partial charge in [0.1, 0.15) is 12.3 Å². The number of nitrogens with zero attached hydrogens (tertiary/aromatic N) is 2. The van der Waals surface area contributed by atoms with Crippen molar-refractivity contribution in [3.05, 3.63) is 38.7 Å². The lowest BCUT2D eigenvalue weighted by Gasteiger charge is -2.30. The van der Waals surface area contributed by atoms with Crippen LogP contribution in [-0.2, 0) is 11.3 Å². The van der Waals surface area contributed by atoms with Gasteiger partial charge in [0.15, 0.2) is 0 Å². The van der Waals surface area contributed by atoms with E-state index in [2.05, 4.69) is 15.3 Å². The Hall–Kier alpha value is -2.69. The van der Waals surface area contributed by atoms with E-state index in [0.717, 1.165) is 0 Å². The summed E-state index contributed by atoms with van der Waals surface area (Å²) < 4.78 is 43.3. The maximum Gasteiger partial charge on any atom is 0.411 e. The first kappa shape index (κ1) is 22.0. The van der Waals surface area contributed by atoms with Gasteiger partial charge in [0.25, 0.3) is 11.5 Å². The molecule has 0 spiro atoms. The maximum absolute atomic E-state index is 12.6. The van der Waals surface area contributed by atoms with Gasteiger partial charge in [-0.3, -0.25) is 19.1 Å². The Kier molecular flexibility index (Phi) is 6.59. The molecule has 1 aliphatic rings. The fourth-order valence-corrected chi connectivity index (χ4v) is 3.63. The number of aromatic amines is 1. The average Bonchev–Trinajstić information content (AvgIpc) is 2.69. The standard InChI is InChI=1S/C19H23F3N4O4/c1-2-6-26-15-14(17(28)25-18(26)29)7-11(9-23-15)16(27)24-12-4-3-5-13(8-12)30-10-19(20,21)22/h7,9,12-13H,2-6,8,10H2,1H3,(H,24,27)(H,25,28,29)/t12-,13-/m0/s1. The van der Waals surface area contributed by atoms with E-state index in [4.69, 9.17) is 4.74 Å². The molecule has 11 heteroatoms. The van der Waals surface area contributed by atoms with Crippen LogP contribution in [-0.4, -0.2) is 45.4 Å². The van der Waals surface area contributed by atoms with E-state index in [9.17, 15) is 27.6 Å². The minimum atomic E-state index is -4.39. The zero-order valence-corrected chi connectivity index (χ0v) is 16.4. The molecule has 164 valence electrons. The molecule has 1 fully saturated rings. The van der Waals surface area contributed by atoms with Gasteiger partial charge in [-0.15, -0.1) is 0 Å². The number of carbonyl (C=O) groups is 1. The molecule has 0 bridgehead atoms. The summed E-state index contributed by atoms with van der Waals surface area (Å²) in [6, 6.07) is 1.02. The third kappa shape index (κ3) is 5.26. The first-order chi connectivity index (χ1) is 14.2. The van der Waals surface area contributed by atoms with Crippen molar-refractivity contribution in [1.82, 2.24) is 19.9 Å². The Morgan fingerprint density at radius 2 is 2.13 bits per heavy atom. The van der Waals surface area contributed by atoms with Crippen molar-refractivity contribution in [2.24, 2.45) is 0 Å². The number of carbonyl (C=O) groups excluding carboxylic acids is 1. The van der Waals surface area contributed by atoms with Crippen molar-refractivity contribution < 1.29 is 22.7 Å². The quantitative estimate of drug-likeness (QED) is 0.733. The molecule has 1 amide bonds. The van der Waals surface area contributed by atoms with Gasteiger partial charge in [-0.2, -0.15) is 13.2 Å². The number of aromatic nitrogens is 3. The number of aryl methyl sites for hydroxylation is 1. The highest BCUT2D eigenvalue weighted by Gasteiger charge is 2.31. The van der Waals surface area contributed by atoms with Crippen LogP contribution in [0.4, 0.5) is 13.2 Å². The number of fused-ring (bicyclic) bond motifs is 1. The number of rotatable bonds is 6. The highest BCUT2D eigenvalue weighted by Crippen LogP contribution is 2.24. The second kappa shape index (κ2) is 8.99. The van der Waals surface area contributed by atoms with Crippen LogP contribution in [0.1, 0.15) is 49.4 Å². The highest BCUT2D eigenvalue weighted by molar-refractivity contribution is 5.96. The molecule has 0 unspecified atom stereocenters. The number of alkyl halides is 3. The van der Waals surface area contributed by atoms with Crippen LogP contribution in [0.25, 0.3) is 11.0 Å². The van der Waals surface area contributed by atoms with Gasteiger partial charge >= 0.3 is 11.9 Å². The summed E-state index contributed by atoms with van der Waals surface area (Å²) in [5.74, 6) is -0.487. The molecule has 3 rings (SSSR count). The second-order valence-corrected chi connectivity index (χ2v) is 7.39. The number of hydrogen-bond donors (Lipinski definition) is 2. The number of ether oxygens (including phenoxy) is 1. The van der Waals surface area contributed by atoms with E-state index in [1.54, 1.807) is 0 Å². The molecule has 2 aromatic rings. The van der Waals surface area contributed by atoms with Gasteiger partial charge in [-0.05, 0) is 38.2 Å². The largest absolute Gasteiger partial charge is 0.411 e. The highest BCUT2D eigenvalue weighted by atomic mass is 19.4. The molecular formula is C19H23F3N4O4. The van der Waals surface area contributed by atoms with E-state index >= 15 is 0 Å². The molecule has 1 aliphatic carbocycles. The van der Waals surface area contributed by atoms with Crippen molar-refractivity contribution in [3.63, 3.8) is 0 Å². The lowest BCUT2D eigenvalue weighted by atomic mass is 9.92. The lowest BCUT2D eigenvalue weighted by Crippen LogP contribution is -2.41. The van der Waals surface area contributed by atoms with Crippen molar-refractivity contribution in [2.45, 2.75) is 63.9 Å². The minimum absolute atomic E-state index is 0.116. The molecule has 1 saturated carbocycles. The van der Waals surface area contributed by atoms with E-state index in [1.165, 1.54) is 16.8 Å². The topological polar surface area (TPSA) is 106 Å². The average molecular weight is 428 g/mol. The Balaban J connectivity index is 1.74. The molecule has 30 heavy (non-hydrogen) atoms. The fourth-order valence-electron chi connectivity index (χ4n) is 3.63. The van der Waals surface area contributed by atoms with Crippen LogP contribution < -0.4 is 16.6 Å². The zero-order valence-electron chi connectivity index (χ0n) is 16.4. The number of pyridine rings is 1. The van der Waals surface area contributed by atoms with Crippen LogP contribution >= 0.6 is 0 Å². The van der Waals surface area contributed by atoms with Gasteiger partial charge in [-0.25, -0.2) is 9.78 Å². The Bertz CT molecular complexity index is 1030. The molecule has 2 aromatic heterocycles. The second-order valence-electron chi connectivity index (χ2n) is 7.39. The Labute approximate surface area is 169 Å². The Morgan fingerprint density at radius 3 is 2.83 bits per heavy atom. The number of hydrogen-bond acceptors (Lipinski definition) is 5. The predicted octanol–water partition coefficient (Wildman–Crippen LogP) is 2.11. The molecule has 8 nitrogen and oxygen atoms in total. The molecule has 2 N–H and O–H groups in total. The van der Waals surface area contributed by atoms with Crippen LogP contribution in [0.2, 0.25) is 0 Å². The number of nitrogens with one attached hydrogen (secondary N) is 2. The van der Waals surface area contributed by atoms with Crippen molar-refractivity contribution in [3.8, 4) is 0 Å². The van der Waals surface area contributed by atoms with Gasteiger partial charge < -0.3 is 10.1 Å². The summed E-state index contributed by atoms with van der Waals surface area (Å²) in [7, 11) is 0. The van der Waals surface area contributed by atoms with Crippen LogP contribution in [0.5, 0.6) is 0 Å². The third-order valence-electron chi connectivity index (χ3n) is 4.99. The van der Waals surface area contributed by atoms with Crippen LogP contribution in [0.15, 0.2) is 21.9 Å². The molecule has 0 saturated heterocycles. The predicted molar refractivity (Wildman–Crippen MR) is 102 cm³/mol. The summed E-state index contributed by atoms with van der Waals surface area (Å²) in [5.41, 5.74) is -0.873. The van der Waals surface area contributed by atoms with Crippen LogP contribution in [0.3, 0.4) is 0 Å². The molecule has 0 aromatic carbocycles. The molecule has 2 heterocycles. The molecule has 0 aliphatic heterocycles. The van der Waals surface area contributed by atoms with Gasteiger partial charge in [0.2, 0.25) is 0 Å².